The summed E-state index contributed by atoms with van der Waals surface area (Å²) in [6.07, 6.45) is 2.42. The average molecular weight is 292 g/mol. The van der Waals surface area contributed by atoms with Crippen molar-refractivity contribution in [2.75, 3.05) is 6.54 Å². The third-order valence-corrected chi connectivity index (χ3v) is 3.78. The zero-order valence-electron chi connectivity index (χ0n) is 11.7. The molecule has 0 radical (unpaired) electrons. The number of rotatable bonds is 4. The fraction of sp³-hybridized carbons (Fsp3) is 0.467. The maximum absolute atomic E-state index is 12.4. The Balaban J connectivity index is 2.03. The van der Waals surface area contributed by atoms with Crippen LogP contribution < -0.4 is 5.73 Å². The number of likely N-dealkylation sites (tertiary alicyclic amines) is 1. The third kappa shape index (κ3) is 3.72. The van der Waals surface area contributed by atoms with Crippen molar-refractivity contribution in [2.45, 2.75) is 37.8 Å². The van der Waals surface area contributed by atoms with Crippen molar-refractivity contribution in [3.63, 3.8) is 0 Å². The van der Waals surface area contributed by atoms with E-state index < -0.39 is 18.1 Å². The lowest BCUT2D eigenvalue weighted by Gasteiger charge is -2.34. The molecule has 1 aliphatic heterocycles. The number of hydrogen-bond acceptors (Lipinski definition) is 4. The molecule has 1 amide bonds. The normalized spacial score (nSPS) is 20.0. The summed E-state index contributed by atoms with van der Waals surface area (Å²) >= 11 is 0. The van der Waals surface area contributed by atoms with Crippen molar-refractivity contribution < 1.29 is 19.8 Å². The monoisotopic (exact) mass is 292 g/mol. The molecule has 1 aromatic rings. The second-order valence-electron chi connectivity index (χ2n) is 5.36. The smallest absolute Gasteiger partial charge is 0.326 e. The molecule has 0 aromatic heterocycles. The molecule has 0 saturated carbocycles. The number of hydrogen-bond donors (Lipinski definition) is 3. The van der Waals surface area contributed by atoms with E-state index in [2.05, 4.69) is 0 Å². The largest absolute Gasteiger partial charge is 0.508 e. The quantitative estimate of drug-likeness (QED) is 0.759. The topological polar surface area (TPSA) is 104 Å². The Morgan fingerprint density at radius 3 is 2.57 bits per heavy atom. The first kappa shape index (κ1) is 15.3. The van der Waals surface area contributed by atoms with Crippen LogP contribution in [0.3, 0.4) is 0 Å². The first-order valence-corrected chi connectivity index (χ1v) is 7.06. The summed E-state index contributed by atoms with van der Waals surface area (Å²) in [6, 6.07) is 4.94. The van der Waals surface area contributed by atoms with Crippen LogP contribution in [0.25, 0.3) is 0 Å². The number of nitrogens with two attached hydrogens (primary N) is 1. The van der Waals surface area contributed by atoms with Crippen LogP contribution in [0.5, 0.6) is 5.75 Å². The lowest BCUT2D eigenvalue weighted by atomic mass is 9.99. The summed E-state index contributed by atoms with van der Waals surface area (Å²) in [5.41, 5.74) is 6.76. The van der Waals surface area contributed by atoms with Crippen molar-refractivity contribution >= 4 is 11.9 Å². The summed E-state index contributed by atoms with van der Waals surface area (Å²) in [4.78, 5) is 25.0. The minimum absolute atomic E-state index is 0.153. The van der Waals surface area contributed by atoms with Crippen molar-refractivity contribution in [1.29, 1.82) is 0 Å². The summed E-state index contributed by atoms with van der Waals surface area (Å²) in [5.74, 6) is -1.14. The highest BCUT2D eigenvalue weighted by Crippen LogP contribution is 2.19. The highest BCUT2D eigenvalue weighted by molar-refractivity contribution is 5.87. The van der Waals surface area contributed by atoms with E-state index in [1.165, 1.54) is 17.0 Å². The van der Waals surface area contributed by atoms with Crippen LogP contribution in [0, 0.1) is 0 Å². The maximum Gasteiger partial charge on any atom is 0.326 e. The molecule has 0 bridgehead atoms. The van der Waals surface area contributed by atoms with Gasteiger partial charge in [0.05, 0.1) is 6.04 Å². The first-order chi connectivity index (χ1) is 9.99. The number of aliphatic carboxylic acids is 1. The van der Waals surface area contributed by atoms with E-state index in [0.717, 1.165) is 18.4 Å². The van der Waals surface area contributed by atoms with Crippen LogP contribution in [0.4, 0.5) is 0 Å². The molecule has 0 aliphatic carbocycles. The van der Waals surface area contributed by atoms with Gasteiger partial charge in [0, 0.05) is 6.54 Å². The highest BCUT2D eigenvalue weighted by Gasteiger charge is 2.34. The van der Waals surface area contributed by atoms with E-state index in [9.17, 15) is 19.8 Å². The van der Waals surface area contributed by atoms with Gasteiger partial charge in [-0.05, 0) is 43.4 Å². The molecule has 1 aromatic carbocycles. The van der Waals surface area contributed by atoms with Crippen LogP contribution in [0.2, 0.25) is 0 Å². The Hall–Kier alpha value is -2.08. The van der Waals surface area contributed by atoms with Gasteiger partial charge in [0.2, 0.25) is 5.91 Å². The molecule has 114 valence electrons. The van der Waals surface area contributed by atoms with Crippen molar-refractivity contribution in [3.05, 3.63) is 29.8 Å². The molecular formula is C15H20N2O4. The number of carboxylic acids is 1. The second kappa shape index (κ2) is 6.58. The lowest BCUT2D eigenvalue weighted by molar-refractivity contribution is -0.152. The fourth-order valence-corrected chi connectivity index (χ4v) is 2.64. The van der Waals surface area contributed by atoms with Crippen LogP contribution in [0.15, 0.2) is 24.3 Å². The van der Waals surface area contributed by atoms with Crippen LogP contribution in [-0.2, 0) is 16.0 Å². The third-order valence-electron chi connectivity index (χ3n) is 3.78. The summed E-state index contributed by atoms with van der Waals surface area (Å²) < 4.78 is 0. The Kier molecular flexibility index (Phi) is 4.80. The Morgan fingerprint density at radius 2 is 1.95 bits per heavy atom. The van der Waals surface area contributed by atoms with Crippen molar-refractivity contribution in [2.24, 2.45) is 5.73 Å². The molecular weight excluding hydrogens is 272 g/mol. The van der Waals surface area contributed by atoms with Gasteiger partial charge in [-0.25, -0.2) is 4.79 Å². The Bertz CT molecular complexity index is 515. The predicted octanol–water partition coefficient (Wildman–Crippen LogP) is 0.728. The molecule has 6 heteroatoms. The molecule has 6 nitrogen and oxygen atoms in total. The zero-order chi connectivity index (χ0) is 15.4. The number of phenols is 1. The number of benzene rings is 1. The molecule has 0 spiro atoms. The van der Waals surface area contributed by atoms with Crippen molar-refractivity contribution in [3.8, 4) is 5.75 Å². The zero-order valence-corrected chi connectivity index (χ0v) is 11.7. The predicted molar refractivity (Wildman–Crippen MR) is 76.8 cm³/mol. The minimum Gasteiger partial charge on any atom is -0.508 e. The number of piperidine rings is 1. The van der Waals surface area contributed by atoms with Gasteiger partial charge in [-0.1, -0.05) is 12.1 Å². The number of aromatic hydroxyl groups is 1. The number of carboxylic acid groups (broad SMARTS) is 1. The van der Waals surface area contributed by atoms with Crippen LogP contribution in [-0.4, -0.2) is 45.6 Å². The SMILES string of the molecule is N[C@@H](Cc1ccc(O)cc1)C(=O)N1CCCC[C@@H]1C(=O)O. The fourth-order valence-electron chi connectivity index (χ4n) is 2.64. The second-order valence-corrected chi connectivity index (χ2v) is 5.36. The molecule has 1 fully saturated rings. The molecule has 4 N–H and O–H groups in total. The average Bonchev–Trinajstić information content (AvgIpc) is 2.48. The standard InChI is InChI=1S/C15H20N2O4/c16-12(9-10-4-6-11(18)7-5-10)14(19)17-8-2-1-3-13(17)15(20)21/h4-7,12-13,18H,1-3,8-9,16H2,(H,20,21)/t12-,13+/m0/s1. The van der Waals surface area contributed by atoms with Gasteiger partial charge in [0.1, 0.15) is 11.8 Å². The maximum atomic E-state index is 12.4. The van der Waals surface area contributed by atoms with E-state index in [4.69, 9.17) is 5.73 Å². The molecule has 1 heterocycles. The van der Waals surface area contributed by atoms with Gasteiger partial charge in [-0.3, -0.25) is 4.79 Å². The number of nitrogens with zero attached hydrogens (tertiary/aromatic N) is 1. The van der Waals surface area contributed by atoms with Crippen LogP contribution in [0.1, 0.15) is 24.8 Å². The van der Waals surface area contributed by atoms with Crippen LogP contribution >= 0.6 is 0 Å². The van der Waals surface area contributed by atoms with Gasteiger partial charge < -0.3 is 20.8 Å². The minimum atomic E-state index is -0.972. The number of carbonyl (C=O) groups excluding carboxylic acids is 1. The van der Waals surface area contributed by atoms with Gasteiger partial charge in [0.15, 0.2) is 0 Å². The van der Waals surface area contributed by atoms with Gasteiger partial charge in [-0.2, -0.15) is 0 Å². The summed E-state index contributed by atoms with van der Waals surface area (Å²) in [5, 5.41) is 18.4. The highest BCUT2D eigenvalue weighted by atomic mass is 16.4. The first-order valence-electron chi connectivity index (χ1n) is 7.06. The van der Waals surface area contributed by atoms with Gasteiger partial charge >= 0.3 is 5.97 Å². The van der Waals surface area contributed by atoms with E-state index in [1.54, 1.807) is 12.1 Å². The van der Waals surface area contributed by atoms with E-state index in [-0.39, 0.29) is 11.7 Å². The number of amides is 1. The van der Waals surface area contributed by atoms with Crippen molar-refractivity contribution in [1.82, 2.24) is 4.90 Å². The van der Waals surface area contributed by atoms with Gasteiger partial charge in [0.25, 0.3) is 0 Å². The van der Waals surface area contributed by atoms with E-state index in [0.29, 0.717) is 19.4 Å². The summed E-state index contributed by atoms with van der Waals surface area (Å²) in [7, 11) is 0. The molecule has 2 rings (SSSR count). The molecule has 1 saturated heterocycles. The number of carbonyl (C=O) groups is 2. The van der Waals surface area contributed by atoms with E-state index in [1.807, 2.05) is 0 Å². The summed E-state index contributed by atoms with van der Waals surface area (Å²) in [6.45, 7) is 0.444. The molecule has 1 aliphatic rings. The van der Waals surface area contributed by atoms with Gasteiger partial charge in [-0.15, -0.1) is 0 Å². The lowest BCUT2D eigenvalue weighted by Crippen LogP contribution is -2.54. The molecule has 0 unspecified atom stereocenters. The molecule has 21 heavy (non-hydrogen) atoms. The van der Waals surface area contributed by atoms with E-state index >= 15 is 0 Å². The molecule has 2 atom stereocenters. The number of phenolic OH excluding ortho intramolecular Hbond substituents is 1. The Labute approximate surface area is 123 Å². The Morgan fingerprint density at radius 1 is 1.29 bits per heavy atom.